The number of halogens is 3. The first kappa shape index (κ1) is 12.0. The molecule has 0 spiro atoms. The van der Waals surface area contributed by atoms with Crippen LogP contribution in [0.15, 0.2) is 0 Å². The molecule has 0 fully saturated rings. The molecule has 0 rings (SSSR count). The van der Waals surface area contributed by atoms with Gasteiger partial charge in [0.05, 0.1) is 0 Å². The Balaban J connectivity index is 0. The topological polar surface area (TPSA) is 54.4 Å². The Hall–Kier alpha value is 0.232. The molecule has 1 N–H and O–H groups in total. The molecule has 0 aromatic rings. The zero-order valence-electron chi connectivity index (χ0n) is 3.31. The summed E-state index contributed by atoms with van der Waals surface area (Å²) in [6.45, 7) is 0. The lowest BCUT2D eigenvalue weighted by atomic mass is 11.6. The van der Waals surface area contributed by atoms with Gasteiger partial charge in [-0.3, -0.25) is 4.55 Å². The maximum atomic E-state index is 10.7. The van der Waals surface area contributed by atoms with Crippen molar-refractivity contribution in [3.63, 3.8) is 0 Å². The number of hydrogen-bond donors (Lipinski definition) is 1. The van der Waals surface area contributed by atoms with E-state index in [4.69, 9.17) is 13.0 Å². The van der Waals surface area contributed by atoms with Crippen LogP contribution in [0.2, 0.25) is 0 Å². The molecule has 56 valence electrons. The zero-order chi connectivity index (χ0) is 7.00. The van der Waals surface area contributed by atoms with Crippen molar-refractivity contribution in [2.75, 3.05) is 0 Å². The highest BCUT2D eigenvalue weighted by Crippen LogP contribution is 2.20. The molecule has 0 amide bonds. The van der Waals surface area contributed by atoms with Crippen molar-refractivity contribution in [3.05, 3.63) is 0 Å². The second-order valence-corrected chi connectivity index (χ2v) is 2.33. The van der Waals surface area contributed by atoms with Crippen LogP contribution in [0.1, 0.15) is 0 Å². The maximum Gasteiger partial charge on any atom is 0.522 e. The molecule has 0 saturated carbocycles. The number of alkyl halides is 3. The van der Waals surface area contributed by atoms with E-state index >= 15 is 0 Å². The summed E-state index contributed by atoms with van der Waals surface area (Å²) in [5, 5.41) is 0. The fourth-order valence-electron chi connectivity index (χ4n) is 0. The van der Waals surface area contributed by atoms with Crippen LogP contribution in [-0.2, 0) is 10.1 Å². The Morgan fingerprint density at radius 1 is 1.22 bits per heavy atom. The fraction of sp³-hybridized carbons (Fsp3) is 1.00. The van der Waals surface area contributed by atoms with Crippen molar-refractivity contribution in [2.24, 2.45) is 0 Å². The molecule has 0 aliphatic heterocycles. The van der Waals surface area contributed by atoms with Crippen LogP contribution in [0.4, 0.5) is 13.2 Å². The van der Waals surface area contributed by atoms with Crippen molar-refractivity contribution >= 4 is 27.5 Å². The average molecular weight is 180 g/mol. The van der Waals surface area contributed by atoms with E-state index in [2.05, 4.69) is 0 Å². The lowest BCUT2D eigenvalue weighted by Crippen LogP contribution is -2.21. The predicted octanol–water partition coefficient (Wildman–Crippen LogP) is -0.790. The molecule has 3 nitrogen and oxygen atoms in total. The van der Waals surface area contributed by atoms with Gasteiger partial charge in [-0.25, -0.2) is 0 Å². The third kappa shape index (κ3) is 3.75. The molecule has 0 heterocycles. The minimum atomic E-state index is -5.84. The highest BCUT2D eigenvalue weighted by atomic mass is 32.2. The molecule has 0 unspecified atom stereocenters. The van der Waals surface area contributed by atoms with Gasteiger partial charge in [0.1, 0.15) is 0 Å². The maximum absolute atomic E-state index is 10.7. The molecule has 0 aromatic carbocycles. The Morgan fingerprint density at radius 2 is 1.33 bits per heavy atom. The number of rotatable bonds is 0. The highest BCUT2D eigenvalue weighted by Gasteiger charge is 2.44. The molecule has 0 saturated heterocycles. The quantitative estimate of drug-likeness (QED) is 0.302. The lowest BCUT2D eigenvalue weighted by molar-refractivity contribution is -0.0510. The molecule has 9 heavy (non-hydrogen) atoms. The van der Waals surface area contributed by atoms with Gasteiger partial charge in [0.15, 0.2) is 17.4 Å². The van der Waals surface area contributed by atoms with E-state index in [1.165, 1.54) is 0 Å². The van der Waals surface area contributed by atoms with E-state index < -0.39 is 15.6 Å². The van der Waals surface area contributed by atoms with Gasteiger partial charge in [0, 0.05) is 0 Å². The van der Waals surface area contributed by atoms with Crippen LogP contribution in [0.25, 0.3) is 0 Å². The van der Waals surface area contributed by atoms with E-state index in [1.807, 2.05) is 0 Å². The van der Waals surface area contributed by atoms with Crippen LogP contribution in [0, 0.1) is 0 Å². The Bertz CT molecular complexity index is 168. The summed E-state index contributed by atoms with van der Waals surface area (Å²) in [6.07, 6.45) is 0. The number of hydrogen-bond acceptors (Lipinski definition) is 2. The summed E-state index contributed by atoms with van der Waals surface area (Å²) in [5.41, 5.74) is -5.53. The van der Waals surface area contributed by atoms with Gasteiger partial charge in [-0.1, -0.05) is 0 Å². The van der Waals surface area contributed by atoms with Crippen LogP contribution >= 0.6 is 0 Å². The summed E-state index contributed by atoms with van der Waals surface area (Å²) in [6, 6.07) is 0. The molecule has 0 aliphatic rings. The SMILES string of the molecule is O=S(=O)(O)C(F)(F)F.[AlH3]. The molecule has 0 radical (unpaired) electrons. The molecule has 8 heteroatoms. The standard InChI is InChI=1S/CHF3O3S.Al.3H/c2-1(3,4)8(5,6)7;;;;/h(H,5,6,7);;;;. The minimum Gasteiger partial charge on any atom is -0.279 e. The van der Waals surface area contributed by atoms with Gasteiger partial charge in [-0.2, -0.15) is 21.6 Å². The van der Waals surface area contributed by atoms with Crippen molar-refractivity contribution in [1.82, 2.24) is 0 Å². The third-order valence-electron chi connectivity index (χ3n) is 0.292. The summed E-state index contributed by atoms with van der Waals surface area (Å²) in [4.78, 5) is 0. The Morgan fingerprint density at radius 3 is 1.33 bits per heavy atom. The first-order valence-corrected chi connectivity index (χ1v) is 2.73. The van der Waals surface area contributed by atoms with E-state index in [0.29, 0.717) is 0 Å². The van der Waals surface area contributed by atoms with E-state index in [9.17, 15) is 13.2 Å². The predicted molar refractivity (Wildman–Crippen MR) is 27.5 cm³/mol. The van der Waals surface area contributed by atoms with Gasteiger partial charge in [0.25, 0.3) is 0 Å². The first-order valence-electron chi connectivity index (χ1n) is 1.29. The largest absolute Gasteiger partial charge is 0.522 e. The molecule has 0 atom stereocenters. The van der Waals surface area contributed by atoms with E-state index in [1.54, 1.807) is 0 Å². The smallest absolute Gasteiger partial charge is 0.279 e. The second kappa shape index (κ2) is 2.88. The fourth-order valence-corrected chi connectivity index (χ4v) is 0. The average Bonchev–Trinajstić information content (AvgIpc) is 1.25. The normalized spacial score (nSPS) is 12.4. The molecule has 0 aliphatic carbocycles. The van der Waals surface area contributed by atoms with Crippen LogP contribution < -0.4 is 0 Å². The van der Waals surface area contributed by atoms with Gasteiger partial charge in [-0.15, -0.1) is 0 Å². The summed E-state index contributed by atoms with van der Waals surface area (Å²) in [5.74, 6) is 0. The summed E-state index contributed by atoms with van der Waals surface area (Å²) >= 11 is 0. The van der Waals surface area contributed by atoms with Gasteiger partial charge >= 0.3 is 15.6 Å². The Kier molecular flexibility index (Phi) is 3.83. The van der Waals surface area contributed by atoms with Crippen LogP contribution in [-0.4, -0.2) is 35.8 Å². The zero-order valence-corrected chi connectivity index (χ0v) is 4.12. The summed E-state index contributed by atoms with van der Waals surface area (Å²) < 4.78 is 57.5. The monoisotopic (exact) mass is 180 g/mol. The minimum absolute atomic E-state index is 0. The van der Waals surface area contributed by atoms with Crippen molar-refractivity contribution in [1.29, 1.82) is 0 Å². The van der Waals surface area contributed by atoms with Crippen molar-refractivity contribution in [2.45, 2.75) is 5.51 Å². The molecular formula is CH4AlF3O3S. The second-order valence-electron chi connectivity index (χ2n) is 0.921. The first-order chi connectivity index (χ1) is 3.25. The molecular weight excluding hydrogens is 176 g/mol. The van der Waals surface area contributed by atoms with E-state index in [-0.39, 0.29) is 17.4 Å². The molecule has 0 aromatic heterocycles. The van der Waals surface area contributed by atoms with E-state index in [0.717, 1.165) is 0 Å². The lowest BCUT2D eigenvalue weighted by Gasteiger charge is -1.97. The van der Waals surface area contributed by atoms with Crippen molar-refractivity contribution < 1.29 is 26.1 Å². The third-order valence-corrected chi connectivity index (χ3v) is 0.877. The van der Waals surface area contributed by atoms with Gasteiger partial charge < -0.3 is 0 Å². The highest BCUT2D eigenvalue weighted by molar-refractivity contribution is 7.86. The van der Waals surface area contributed by atoms with Gasteiger partial charge in [-0.05, 0) is 0 Å². The summed E-state index contributed by atoms with van der Waals surface area (Å²) in [7, 11) is -5.84. The Labute approximate surface area is 59.7 Å². The van der Waals surface area contributed by atoms with Gasteiger partial charge in [0.2, 0.25) is 0 Å². The molecule has 0 bridgehead atoms. The van der Waals surface area contributed by atoms with Crippen LogP contribution in [0.3, 0.4) is 0 Å². The van der Waals surface area contributed by atoms with Crippen LogP contribution in [0.5, 0.6) is 0 Å². The van der Waals surface area contributed by atoms with Crippen molar-refractivity contribution in [3.8, 4) is 0 Å².